The van der Waals surface area contributed by atoms with Crippen LogP contribution in [0.3, 0.4) is 0 Å². The van der Waals surface area contributed by atoms with Crippen LogP contribution in [0.25, 0.3) is 0 Å². The van der Waals surface area contributed by atoms with E-state index in [4.69, 9.17) is 0 Å². The number of nitrogens with one attached hydrogen (secondary N) is 3. The zero-order chi connectivity index (χ0) is 15.1. The van der Waals surface area contributed by atoms with Gasteiger partial charge in [0, 0.05) is 12.1 Å². The fraction of sp³-hybridized carbons (Fsp3) is 0.857. The maximum atomic E-state index is 11.7. The van der Waals surface area contributed by atoms with Crippen LogP contribution in [0, 0.1) is 5.92 Å². The third-order valence-corrected chi connectivity index (χ3v) is 3.01. The van der Waals surface area contributed by atoms with Gasteiger partial charge in [-0.25, -0.2) is 0 Å². The molecule has 0 aliphatic heterocycles. The molecule has 5 heteroatoms. The molecule has 0 spiro atoms. The molecule has 0 rings (SSSR count). The van der Waals surface area contributed by atoms with Crippen LogP contribution in [-0.2, 0) is 9.59 Å². The summed E-state index contributed by atoms with van der Waals surface area (Å²) >= 11 is 0. The van der Waals surface area contributed by atoms with Crippen molar-refractivity contribution in [2.24, 2.45) is 5.92 Å². The summed E-state index contributed by atoms with van der Waals surface area (Å²) in [5.74, 6) is 0.261. The number of carbonyl (C=O) groups is 2. The number of carbonyl (C=O) groups excluding carboxylic acids is 2. The highest BCUT2D eigenvalue weighted by molar-refractivity contribution is 5.83. The van der Waals surface area contributed by atoms with Gasteiger partial charge in [-0.3, -0.25) is 14.9 Å². The molecule has 0 bridgehead atoms. The molecule has 112 valence electrons. The van der Waals surface area contributed by atoms with Gasteiger partial charge >= 0.3 is 0 Å². The molecule has 0 aromatic carbocycles. The second-order valence-electron chi connectivity index (χ2n) is 6.03. The van der Waals surface area contributed by atoms with Crippen LogP contribution in [0.1, 0.15) is 48.0 Å². The number of rotatable bonds is 8. The summed E-state index contributed by atoms with van der Waals surface area (Å²) in [5.41, 5.74) is -0.206. The smallest absolute Gasteiger partial charge is 0.236 e. The third kappa shape index (κ3) is 8.59. The van der Waals surface area contributed by atoms with Gasteiger partial charge < -0.3 is 10.6 Å². The topological polar surface area (TPSA) is 70.2 Å². The van der Waals surface area contributed by atoms with E-state index in [2.05, 4.69) is 16.0 Å². The molecule has 0 aliphatic rings. The van der Waals surface area contributed by atoms with E-state index >= 15 is 0 Å². The van der Waals surface area contributed by atoms with E-state index < -0.39 is 0 Å². The summed E-state index contributed by atoms with van der Waals surface area (Å²) in [6.07, 6.45) is 0.864. The highest BCUT2D eigenvalue weighted by atomic mass is 16.2. The average Bonchev–Trinajstić information content (AvgIpc) is 2.32. The Morgan fingerprint density at radius 3 is 2.21 bits per heavy atom. The van der Waals surface area contributed by atoms with Crippen molar-refractivity contribution in [2.45, 2.75) is 59.5 Å². The molecule has 1 unspecified atom stereocenters. The lowest BCUT2D eigenvalue weighted by atomic mass is 10.0. The van der Waals surface area contributed by atoms with Crippen LogP contribution in [0.5, 0.6) is 0 Å². The highest BCUT2D eigenvalue weighted by Crippen LogP contribution is 2.05. The monoisotopic (exact) mass is 271 g/mol. The minimum Gasteiger partial charge on any atom is -0.354 e. The Morgan fingerprint density at radius 2 is 1.74 bits per heavy atom. The summed E-state index contributed by atoms with van der Waals surface area (Å²) in [5, 5.41) is 8.68. The Morgan fingerprint density at radius 1 is 1.16 bits per heavy atom. The molecule has 5 nitrogen and oxygen atoms in total. The van der Waals surface area contributed by atoms with Gasteiger partial charge in [-0.15, -0.1) is 0 Å². The van der Waals surface area contributed by atoms with Crippen LogP contribution in [0.4, 0.5) is 0 Å². The average molecular weight is 271 g/mol. The minimum atomic E-state index is -0.366. The molecule has 0 saturated heterocycles. The number of hydrogen-bond donors (Lipinski definition) is 3. The Hall–Kier alpha value is -1.10. The van der Waals surface area contributed by atoms with Crippen molar-refractivity contribution in [3.05, 3.63) is 0 Å². The fourth-order valence-corrected chi connectivity index (χ4v) is 1.31. The van der Waals surface area contributed by atoms with Gasteiger partial charge in [0.2, 0.25) is 11.8 Å². The van der Waals surface area contributed by atoms with Crippen molar-refractivity contribution in [2.75, 3.05) is 13.1 Å². The van der Waals surface area contributed by atoms with Crippen molar-refractivity contribution in [1.82, 2.24) is 16.0 Å². The van der Waals surface area contributed by atoms with Crippen LogP contribution in [-0.4, -0.2) is 36.5 Å². The molecular weight excluding hydrogens is 242 g/mol. The SMILES string of the molecule is CCC(C)(C)NC(=O)CNC(C)C(=O)NCC(C)C. The molecule has 0 aliphatic carbocycles. The molecule has 0 fully saturated rings. The zero-order valence-corrected chi connectivity index (χ0v) is 13.1. The van der Waals surface area contributed by atoms with Crippen molar-refractivity contribution in [1.29, 1.82) is 0 Å². The van der Waals surface area contributed by atoms with Gasteiger partial charge in [0.15, 0.2) is 0 Å². The van der Waals surface area contributed by atoms with Gasteiger partial charge in [0.25, 0.3) is 0 Å². The first-order valence-electron chi connectivity index (χ1n) is 7.00. The van der Waals surface area contributed by atoms with Crippen molar-refractivity contribution >= 4 is 11.8 Å². The van der Waals surface area contributed by atoms with E-state index in [1.165, 1.54) is 0 Å². The summed E-state index contributed by atoms with van der Waals surface area (Å²) in [6.45, 7) is 12.6. The zero-order valence-electron chi connectivity index (χ0n) is 13.1. The molecular formula is C14H29N3O2. The standard InChI is InChI=1S/C14H29N3O2/c1-7-14(5,6)17-12(18)9-15-11(4)13(19)16-8-10(2)3/h10-11,15H,7-9H2,1-6H3,(H,16,19)(H,17,18). The summed E-state index contributed by atoms with van der Waals surface area (Å²) in [7, 11) is 0. The van der Waals surface area contributed by atoms with Gasteiger partial charge in [-0.1, -0.05) is 20.8 Å². The molecule has 0 aromatic heterocycles. The summed E-state index contributed by atoms with van der Waals surface area (Å²) in [4.78, 5) is 23.4. The normalized spacial score (nSPS) is 13.2. The number of hydrogen-bond acceptors (Lipinski definition) is 3. The quantitative estimate of drug-likeness (QED) is 0.618. The van der Waals surface area contributed by atoms with Crippen LogP contribution in [0.15, 0.2) is 0 Å². The highest BCUT2D eigenvalue weighted by Gasteiger charge is 2.19. The van der Waals surface area contributed by atoms with E-state index in [1.54, 1.807) is 6.92 Å². The van der Waals surface area contributed by atoms with E-state index in [0.29, 0.717) is 12.5 Å². The van der Waals surface area contributed by atoms with Gasteiger partial charge in [-0.2, -0.15) is 0 Å². The van der Waals surface area contributed by atoms with Crippen molar-refractivity contribution < 1.29 is 9.59 Å². The predicted octanol–water partition coefficient (Wildman–Crippen LogP) is 1.04. The minimum absolute atomic E-state index is 0.0729. The second-order valence-corrected chi connectivity index (χ2v) is 6.03. The van der Waals surface area contributed by atoms with Crippen LogP contribution < -0.4 is 16.0 Å². The Bertz CT molecular complexity index is 301. The fourth-order valence-electron chi connectivity index (χ4n) is 1.31. The molecule has 0 saturated carbocycles. The van der Waals surface area contributed by atoms with E-state index in [9.17, 15) is 9.59 Å². The third-order valence-electron chi connectivity index (χ3n) is 3.01. The summed E-state index contributed by atoms with van der Waals surface area (Å²) < 4.78 is 0. The van der Waals surface area contributed by atoms with Crippen LogP contribution >= 0.6 is 0 Å². The molecule has 19 heavy (non-hydrogen) atoms. The van der Waals surface area contributed by atoms with Crippen molar-refractivity contribution in [3.63, 3.8) is 0 Å². The molecule has 2 amide bonds. The Labute approximate surface area is 116 Å². The maximum absolute atomic E-state index is 11.7. The molecule has 1 atom stereocenters. The van der Waals surface area contributed by atoms with Gasteiger partial charge in [0.05, 0.1) is 12.6 Å². The maximum Gasteiger partial charge on any atom is 0.236 e. The lowest BCUT2D eigenvalue weighted by Gasteiger charge is -2.25. The first kappa shape index (κ1) is 17.9. The molecule has 0 aromatic rings. The molecule has 3 N–H and O–H groups in total. The first-order chi connectivity index (χ1) is 8.68. The largest absolute Gasteiger partial charge is 0.354 e. The van der Waals surface area contributed by atoms with Crippen LogP contribution in [0.2, 0.25) is 0 Å². The Balaban J connectivity index is 3.98. The van der Waals surface area contributed by atoms with Crippen molar-refractivity contribution in [3.8, 4) is 0 Å². The van der Waals surface area contributed by atoms with E-state index in [1.807, 2.05) is 34.6 Å². The van der Waals surface area contributed by atoms with Gasteiger partial charge in [0.1, 0.15) is 0 Å². The first-order valence-corrected chi connectivity index (χ1v) is 7.00. The van der Waals surface area contributed by atoms with E-state index in [0.717, 1.165) is 6.42 Å². The predicted molar refractivity (Wildman–Crippen MR) is 77.8 cm³/mol. The Kier molecular flexibility index (Phi) is 7.68. The van der Waals surface area contributed by atoms with Gasteiger partial charge in [-0.05, 0) is 33.1 Å². The number of amides is 2. The van der Waals surface area contributed by atoms with E-state index in [-0.39, 0.29) is 29.9 Å². The lowest BCUT2D eigenvalue weighted by Crippen LogP contribution is -2.50. The summed E-state index contributed by atoms with van der Waals surface area (Å²) in [6, 6.07) is -0.366. The lowest BCUT2D eigenvalue weighted by molar-refractivity contribution is -0.124. The second kappa shape index (κ2) is 8.15. The molecule has 0 heterocycles. The molecule has 0 radical (unpaired) electrons.